The molecule has 0 atom stereocenters. The highest BCUT2D eigenvalue weighted by Crippen LogP contribution is 2.05. The highest BCUT2D eigenvalue weighted by molar-refractivity contribution is 7.08. The molecule has 0 fully saturated rings. The second-order valence-electron chi connectivity index (χ2n) is 2.62. The summed E-state index contributed by atoms with van der Waals surface area (Å²) >= 11 is 1.49. The molecule has 0 bridgehead atoms. The van der Waals surface area contributed by atoms with Crippen molar-refractivity contribution in [1.29, 1.82) is 0 Å². The number of rotatable bonds is 5. The number of hydrogen-bond acceptors (Lipinski definition) is 4. The molecule has 0 aromatic carbocycles. The molecule has 0 spiro atoms. The molecule has 78 valence electrons. The van der Waals surface area contributed by atoms with Gasteiger partial charge in [0, 0.05) is 25.2 Å². The van der Waals surface area contributed by atoms with E-state index in [9.17, 15) is 4.79 Å². The predicted octanol–water partition coefficient (Wildman–Crippen LogP) is 1.10. The minimum atomic E-state index is -0.391. The van der Waals surface area contributed by atoms with Crippen LogP contribution in [0, 0.1) is 0 Å². The second-order valence-corrected chi connectivity index (χ2v) is 3.40. The van der Waals surface area contributed by atoms with Crippen molar-refractivity contribution in [2.45, 2.75) is 6.29 Å². The van der Waals surface area contributed by atoms with E-state index < -0.39 is 6.29 Å². The van der Waals surface area contributed by atoms with Crippen LogP contribution in [0.3, 0.4) is 0 Å². The first-order valence-electron chi connectivity index (χ1n) is 4.14. The fraction of sp³-hybridized carbons (Fsp3) is 0.444. The molecule has 14 heavy (non-hydrogen) atoms. The largest absolute Gasteiger partial charge is 0.354 e. The number of carbonyl (C=O) groups excluding carboxylic acids is 1. The third-order valence-corrected chi connectivity index (χ3v) is 2.42. The highest BCUT2D eigenvalue weighted by Gasteiger charge is 2.09. The Hall–Kier alpha value is -0.910. The lowest BCUT2D eigenvalue weighted by Gasteiger charge is -2.13. The maximum atomic E-state index is 11.4. The van der Waals surface area contributed by atoms with Crippen LogP contribution in [0.4, 0.5) is 0 Å². The van der Waals surface area contributed by atoms with Crippen LogP contribution in [0.15, 0.2) is 16.8 Å². The van der Waals surface area contributed by atoms with Gasteiger partial charge in [0.15, 0.2) is 6.29 Å². The van der Waals surface area contributed by atoms with Gasteiger partial charge in [0.25, 0.3) is 5.91 Å². The summed E-state index contributed by atoms with van der Waals surface area (Å²) in [4.78, 5) is 11.4. The summed E-state index contributed by atoms with van der Waals surface area (Å²) in [6.07, 6.45) is -0.391. The van der Waals surface area contributed by atoms with E-state index in [4.69, 9.17) is 9.47 Å². The Morgan fingerprint density at radius 2 is 2.29 bits per heavy atom. The van der Waals surface area contributed by atoms with Crippen molar-refractivity contribution in [2.24, 2.45) is 0 Å². The molecule has 0 unspecified atom stereocenters. The number of carbonyl (C=O) groups is 1. The SMILES string of the molecule is COC(CNC(=O)c1ccsc1)OC. The summed E-state index contributed by atoms with van der Waals surface area (Å²) in [5.41, 5.74) is 0.668. The summed E-state index contributed by atoms with van der Waals surface area (Å²) in [5.74, 6) is -0.106. The first-order chi connectivity index (χ1) is 6.77. The lowest BCUT2D eigenvalue weighted by molar-refractivity contribution is -0.0974. The molecule has 0 saturated heterocycles. The Morgan fingerprint density at radius 3 is 2.79 bits per heavy atom. The smallest absolute Gasteiger partial charge is 0.252 e. The van der Waals surface area contributed by atoms with Crippen LogP contribution in [0.5, 0.6) is 0 Å². The molecule has 0 radical (unpaired) electrons. The van der Waals surface area contributed by atoms with Crippen molar-refractivity contribution in [3.63, 3.8) is 0 Å². The molecule has 1 N–H and O–H groups in total. The van der Waals surface area contributed by atoms with Crippen LogP contribution in [-0.4, -0.2) is 33.0 Å². The van der Waals surface area contributed by atoms with Crippen molar-refractivity contribution >= 4 is 17.2 Å². The lowest BCUT2D eigenvalue weighted by atomic mass is 10.3. The number of amides is 1. The monoisotopic (exact) mass is 215 g/mol. The van der Waals surface area contributed by atoms with Crippen LogP contribution < -0.4 is 5.32 Å². The molecule has 0 aliphatic rings. The molecule has 1 amide bonds. The Morgan fingerprint density at radius 1 is 1.57 bits per heavy atom. The maximum Gasteiger partial charge on any atom is 0.252 e. The average Bonchev–Trinajstić information content (AvgIpc) is 2.72. The first-order valence-corrected chi connectivity index (χ1v) is 5.08. The zero-order valence-electron chi connectivity index (χ0n) is 8.15. The van der Waals surface area contributed by atoms with Gasteiger partial charge in [0.1, 0.15) is 0 Å². The van der Waals surface area contributed by atoms with E-state index in [1.807, 2.05) is 5.38 Å². The van der Waals surface area contributed by atoms with Crippen molar-refractivity contribution in [3.05, 3.63) is 22.4 Å². The molecule has 1 heterocycles. The Kier molecular flexibility index (Phi) is 4.58. The molecule has 5 heteroatoms. The van der Waals surface area contributed by atoms with E-state index >= 15 is 0 Å². The summed E-state index contributed by atoms with van der Waals surface area (Å²) in [5, 5.41) is 6.36. The molecule has 1 rings (SSSR count). The molecular weight excluding hydrogens is 202 g/mol. The van der Waals surface area contributed by atoms with Crippen LogP contribution in [0.25, 0.3) is 0 Å². The summed E-state index contributed by atoms with van der Waals surface area (Å²) in [7, 11) is 3.07. The van der Waals surface area contributed by atoms with Crippen molar-refractivity contribution in [1.82, 2.24) is 5.32 Å². The van der Waals surface area contributed by atoms with Gasteiger partial charge in [-0.1, -0.05) is 0 Å². The Balaban J connectivity index is 2.35. The summed E-state index contributed by atoms with van der Waals surface area (Å²) in [6.45, 7) is 0.349. The lowest BCUT2D eigenvalue weighted by Crippen LogP contribution is -2.33. The van der Waals surface area contributed by atoms with E-state index in [1.54, 1.807) is 11.4 Å². The number of hydrogen-bond donors (Lipinski definition) is 1. The molecule has 0 aliphatic carbocycles. The number of ether oxygens (including phenoxy) is 2. The predicted molar refractivity (Wildman–Crippen MR) is 54.5 cm³/mol. The molecular formula is C9H13NO3S. The average molecular weight is 215 g/mol. The summed E-state index contributed by atoms with van der Waals surface area (Å²) in [6, 6.07) is 1.77. The second kappa shape index (κ2) is 5.74. The normalized spacial score (nSPS) is 10.5. The first kappa shape index (κ1) is 11.2. The number of thiophene rings is 1. The van der Waals surface area contributed by atoms with Crippen LogP contribution in [0.1, 0.15) is 10.4 Å². The van der Waals surface area contributed by atoms with E-state index in [0.717, 1.165) is 0 Å². The highest BCUT2D eigenvalue weighted by atomic mass is 32.1. The van der Waals surface area contributed by atoms with Gasteiger partial charge < -0.3 is 14.8 Å². The van der Waals surface area contributed by atoms with Crippen LogP contribution >= 0.6 is 11.3 Å². The summed E-state index contributed by atoms with van der Waals surface area (Å²) < 4.78 is 9.87. The van der Waals surface area contributed by atoms with Crippen molar-refractivity contribution < 1.29 is 14.3 Å². The van der Waals surface area contributed by atoms with E-state index in [1.165, 1.54) is 25.6 Å². The third-order valence-electron chi connectivity index (χ3n) is 1.74. The van der Waals surface area contributed by atoms with Crippen molar-refractivity contribution in [2.75, 3.05) is 20.8 Å². The molecule has 1 aromatic heterocycles. The Bertz CT molecular complexity index is 270. The minimum absolute atomic E-state index is 0.106. The number of methoxy groups -OCH3 is 2. The molecule has 0 saturated carbocycles. The van der Waals surface area contributed by atoms with E-state index in [0.29, 0.717) is 12.1 Å². The zero-order chi connectivity index (χ0) is 10.4. The zero-order valence-corrected chi connectivity index (χ0v) is 8.97. The van der Waals surface area contributed by atoms with Gasteiger partial charge in [0.2, 0.25) is 0 Å². The van der Waals surface area contributed by atoms with Gasteiger partial charge in [-0.15, -0.1) is 0 Å². The molecule has 0 aliphatic heterocycles. The van der Waals surface area contributed by atoms with Crippen molar-refractivity contribution in [3.8, 4) is 0 Å². The van der Waals surface area contributed by atoms with E-state index in [2.05, 4.69) is 5.32 Å². The molecule has 4 nitrogen and oxygen atoms in total. The van der Waals surface area contributed by atoms with Gasteiger partial charge >= 0.3 is 0 Å². The van der Waals surface area contributed by atoms with E-state index in [-0.39, 0.29) is 5.91 Å². The van der Waals surface area contributed by atoms with Gasteiger partial charge in [-0.3, -0.25) is 4.79 Å². The van der Waals surface area contributed by atoms with Crippen LogP contribution in [0.2, 0.25) is 0 Å². The van der Waals surface area contributed by atoms with Gasteiger partial charge in [-0.2, -0.15) is 11.3 Å². The fourth-order valence-electron chi connectivity index (χ4n) is 0.935. The molecule has 1 aromatic rings. The standard InChI is InChI=1S/C9H13NO3S/c1-12-8(13-2)5-10-9(11)7-3-4-14-6-7/h3-4,6,8H,5H2,1-2H3,(H,10,11). The topological polar surface area (TPSA) is 47.6 Å². The van der Waals surface area contributed by atoms with Crippen LogP contribution in [-0.2, 0) is 9.47 Å². The van der Waals surface area contributed by atoms with Gasteiger partial charge in [-0.25, -0.2) is 0 Å². The Labute approximate surface area is 86.8 Å². The third kappa shape index (κ3) is 3.10. The van der Waals surface area contributed by atoms with Gasteiger partial charge in [0.05, 0.1) is 6.54 Å². The maximum absolute atomic E-state index is 11.4. The minimum Gasteiger partial charge on any atom is -0.354 e. The quantitative estimate of drug-likeness (QED) is 0.748. The van der Waals surface area contributed by atoms with Gasteiger partial charge in [-0.05, 0) is 11.4 Å². The number of nitrogens with one attached hydrogen (secondary N) is 1. The fourth-order valence-corrected chi connectivity index (χ4v) is 1.57.